The second-order valence-electron chi connectivity index (χ2n) is 6.09. The quantitative estimate of drug-likeness (QED) is 0.832. The molecule has 3 N–H and O–H groups in total. The standard InChI is InChI=1S/C16H27N3OS.ClH/c1-4-11(2)15(17)16(20)18-9-12(3)19-7-5-14-13(10-19)6-8-21-14;/h6,8,11-12,15H,4-5,7,9-10,17H2,1-3H3,(H,18,20);1H. The molecule has 0 aliphatic carbocycles. The molecule has 0 radical (unpaired) electrons. The monoisotopic (exact) mass is 345 g/mol. The number of fused-ring (bicyclic) bond motifs is 1. The van der Waals surface area contributed by atoms with Gasteiger partial charge in [0.05, 0.1) is 6.04 Å². The van der Waals surface area contributed by atoms with E-state index in [1.165, 1.54) is 10.4 Å². The summed E-state index contributed by atoms with van der Waals surface area (Å²) in [6, 6.07) is 2.16. The van der Waals surface area contributed by atoms with Crippen molar-refractivity contribution in [1.29, 1.82) is 0 Å². The highest BCUT2D eigenvalue weighted by molar-refractivity contribution is 7.10. The van der Waals surface area contributed by atoms with Crippen LogP contribution in [0.1, 0.15) is 37.6 Å². The van der Waals surface area contributed by atoms with Gasteiger partial charge in [0.15, 0.2) is 0 Å². The van der Waals surface area contributed by atoms with E-state index in [1.807, 2.05) is 18.3 Å². The zero-order valence-corrected chi connectivity index (χ0v) is 15.3. The molecule has 0 aromatic carbocycles. The lowest BCUT2D eigenvalue weighted by Crippen LogP contribution is -2.49. The summed E-state index contributed by atoms with van der Waals surface area (Å²) >= 11 is 1.85. The summed E-state index contributed by atoms with van der Waals surface area (Å²) < 4.78 is 0. The molecule has 3 atom stereocenters. The fraction of sp³-hybridized carbons (Fsp3) is 0.688. The van der Waals surface area contributed by atoms with Gasteiger partial charge in [0.2, 0.25) is 5.91 Å². The van der Waals surface area contributed by atoms with Gasteiger partial charge in [-0.05, 0) is 36.3 Å². The molecule has 2 rings (SSSR count). The van der Waals surface area contributed by atoms with Gasteiger partial charge in [0.25, 0.3) is 0 Å². The molecule has 4 nitrogen and oxygen atoms in total. The number of hydrogen-bond acceptors (Lipinski definition) is 4. The first-order chi connectivity index (χ1) is 10.0. The maximum atomic E-state index is 12.0. The summed E-state index contributed by atoms with van der Waals surface area (Å²) in [5.74, 6) is 0.202. The lowest BCUT2D eigenvalue weighted by Gasteiger charge is -2.32. The van der Waals surface area contributed by atoms with E-state index in [0.717, 1.165) is 25.9 Å². The Bertz CT molecular complexity index is 480. The van der Waals surface area contributed by atoms with Crippen molar-refractivity contribution in [3.8, 4) is 0 Å². The van der Waals surface area contributed by atoms with Crippen molar-refractivity contribution < 1.29 is 4.79 Å². The lowest BCUT2D eigenvalue weighted by molar-refractivity contribution is -0.123. The van der Waals surface area contributed by atoms with Crippen LogP contribution in [0.15, 0.2) is 11.4 Å². The van der Waals surface area contributed by atoms with Crippen molar-refractivity contribution in [2.75, 3.05) is 13.1 Å². The summed E-state index contributed by atoms with van der Waals surface area (Å²) in [5.41, 5.74) is 7.41. The number of rotatable bonds is 6. The Balaban J connectivity index is 0.00000242. The first-order valence-electron chi connectivity index (χ1n) is 7.85. The van der Waals surface area contributed by atoms with Gasteiger partial charge < -0.3 is 11.1 Å². The van der Waals surface area contributed by atoms with E-state index >= 15 is 0 Å². The predicted molar refractivity (Wildman–Crippen MR) is 95.6 cm³/mol. The third-order valence-corrected chi connectivity index (χ3v) is 5.61. The van der Waals surface area contributed by atoms with Crippen LogP contribution in [0.5, 0.6) is 0 Å². The van der Waals surface area contributed by atoms with Crippen LogP contribution in [0.4, 0.5) is 0 Å². The van der Waals surface area contributed by atoms with Crippen molar-refractivity contribution >= 4 is 29.7 Å². The molecule has 1 aliphatic heterocycles. The second kappa shape index (κ2) is 8.87. The summed E-state index contributed by atoms with van der Waals surface area (Å²) in [5, 5.41) is 5.18. The molecule has 0 saturated heterocycles. The molecule has 1 aromatic rings. The molecule has 3 unspecified atom stereocenters. The Morgan fingerprint density at radius 3 is 2.91 bits per heavy atom. The molecule has 0 spiro atoms. The number of nitrogens with two attached hydrogens (primary N) is 1. The number of nitrogens with one attached hydrogen (secondary N) is 1. The van der Waals surface area contributed by atoms with Crippen LogP contribution in [-0.4, -0.2) is 36.0 Å². The number of halogens is 1. The van der Waals surface area contributed by atoms with Crippen LogP contribution < -0.4 is 11.1 Å². The van der Waals surface area contributed by atoms with E-state index in [0.29, 0.717) is 12.6 Å². The molecule has 126 valence electrons. The van der Waals surface area contributed by atoms with E-state index in [1.54, 1.807) is 0 Å². The molecule has 1 amide bonds. The van der Waals surface area contributed by atoms with E-state index in [2.05, 4.69) is 35.5 Å². The first-order valence-corrected chi connectivity index (χ1v) is 8.73. The first kappa shape index (κ1) is 19.4. The van der Waals surface area contributed by atoms with Crippen LogP contribution >= 0.6 is 23.7 Å². The Hall–Kier alpha value is -0.620. The number of nitrogens with zero attached hydrogens (tertiary/aromatic N) is 1. The molecular formula is C16H28ClN3OS. The molecule has 0 bridgehead atoms. The minimum Gasteiger partial charge on any atom is -0.353 e. The normalized spacial score (nSPS) is 18.7. The van der Waals surface area contributed by atoms with Crippen LogP contribution in [-0.2, 0) is 17.8 Å². The topological polar surface area (TPSA) is 58.4 Å². The molecular weight excluding hydrogens is 318 g/mol. The smallest absolute Gasteiger partial charge is 0.237 e. The zero-order valence-electron chi connectivity index (χ0n) is 13.7. The Morgan fingerprint density at radius 2 is 2.23 bits per heavy atom. The number of thiophene rings is 1. The van der Waals surface area contributed by atoms with Crippen molar-refractivity contribution in [1.82, 2.24) is 10.2 Å². The molecule has 22 heavy (non-hydrogen) atoms. The Morgan fingerprint density at radius 1 is 1.50 bits per heavy atom. The van der Waals surface area contributed by atoms with Crippen LogP contribution in [0.25, 0.3) is 0 Å². The van der Waals surface area contributed by atoms with Crippen molar-refractivity contribution in [2.24, 2.45) is 11.7 Å². The number of carbonyl (C=O) groups excluding carboxylic acids is 1. The molecule has 1 aromatic heterocycles. The van der Waals surface area contributed by atoms with E-state index in [4.69, 9.17) is 5.73 Å². The van der Waals surface area contributed by atoms with Crippen molar-refractivity contribution in [3.05, 3.63) is 21.9 Å². The highest BCUT2D eigenvalue weighted by atomic mass is 35.5. The third-order valence-electron chi connectivity index (χ3n) is 4.59. The molecule has 2 heterocycles. The van der Waals surface area contributed by atoms with Gasteiger partial charge in [-0.3, -0.25) is 9.69 Å². The van der Waals surface area contributed by atoms with Crippen molar-refractivity contribution in [3.63, 3.8) is 0 Å². The third kappa shape index (κ3) is 4.69. The number of hydrogen-bond donors (Lipinski definition) is 2. The Labute approximate surface area is 143 Å². The van der Waals surface area contributed by atoms with Crippen LogP contribution in [0.2, 0.25) is 0 Å². The van der Waals surface area contributed by atoms with Gasteiger partial charge >= 0.3 is 0 Å². The fourth-order valence-electron chi connectivity index (χ4n) is 2.65. The van der Waals surface area contributed by atoms with Crippen LogP contribution in [0.3, 0.4) is 0 Å². The van der Waals surface area contributed by atoms with E-state index in [9.17, 15) is 4.79 Å². The summed E-state index contributed by atoms with van der Waals surface area (Å²) in [7, 11) is 0. The highest BCUT2D eigenvalue weighted by Crippen LogP contribution is 2.24. The van der Waals surface area contributed by atoms with Gasteiger partial charge in [-0.1, -0.05) is 20.3 Å². The van der Waals surface area contributed by atoms with Gasteiger partial charge in [0, 0.05) is 30.6 Å². The largest absolute Gasteiger partial charge is 0.353 e. The summed E-state index contributed by atoms with van der Waals surface area (Å²) in [6.45, 7) is 8.99. The van der Waals surface area contributed by atoms with E-state index in [-0.39, 0.29) is 24.2 Å². The maximum absolute atomic E-state index is 12.0. The summed E-state index contributed by atoms with van der Waals surface area (Å²) in [4.78, 5) is 16.0. The lowest BCUT2D eigenvalue weighted by atomic mass is 9.99. The average molecular weight is 346 g/mol. The number of carbonyl (C=O) groups is 1. The summed E-state index contributed by atoms with van der Waals surface area (Å²) in [6.07, 6.45) is 2.05. The average Bonchev–Trinajstić information content (AvgIpc) is 2.97. The van der Waals surface area contributed by atoms with Crippen LogP contribution in [0, 0.1) is 5.92 Å². The second-order valence-corrected chi connectivity index (χ2v) is 7.10. The van der Waals surface area contributed by atoms with Crippen molar-refractivity contribution in [2.45, 2.75) is 52.2 Å². The Kier molecular flexibility index (Phi) is 7.83. The van der Waals surface area contributed by atoms with Gasteiger partial charge in [-0.25, -0.2) is 0 Å². The van der Waals surface area contributed by atoms with E-state index < -0.39 is 6.04 Å². The highest BCUT2D eigenvalue weighted by Gasteiger charge is 2.23. The maximum Gasteiger partial charge on any atom is 0.237 e. The molecule has 6 heteroatoms. The van der Waals surface area contributed by atoms with Gasteiger partial charge in [0.1, 0.15) is 0 Å². The fourth-order valence-corrected chi connectivity index (χ4v) is 3.54. The minimum atomic E-state index is -0.396. The molecule has 0 saturated carbocycles. The predicted octanol–water partition coefficient (Wildman–Crippen LogP) is 2.41. The SMILES string of the molecule is CCC(C)C(N)C(=O)NCC(C)N1CCc2sccc2C1.Cl. The minimum absolute atomic E-state index is 0. The zero-order chi connectivity index (χ0) is 15.4. The number of amides is 1. The molecule has 0 fully saturated rings. The van der Waals surface area contributed by atoms with Gasteiger partial charge in [-0.2, -0.15) is 0 Å². The molecule has 1 aliphatic rings. The van der Waals surface area contributed by atoms with Gasteiger partial charge in [-0.15, -0.1) is 23.7 Å².